The van der Waals surface area contributed by atoms with Crippen molar-refractivity contribution in [3.63, 3.8) is 0 Å². The molecule has 4 nitrogen and oxygen atoms in total. The molecule has 0 aliphatic rings. The van der Waals surface area contributed by atoms with E-state index >= 15 is 0 Å². The van der Waals surface area contributed by atoms with Crippen LogP contribution >= 0.6 is 7.37 Å². The fraction of sp³-hybridized carbons (Fsp3) is 0.667. The van der Waals surface area contributed by atoms with Gasteiger partial charge in [-0.05, 0) is 0 Å². The van der Waals surface area contributed by atoms with E-state index in [4.69, 9.17) is 5.11 Å². The van der Waals surface area contributed by atoms with Crippen LogP contribution in [0.2, 0.25) is 0 Å². The van der Waals surface area contributed by atoms with E-state index < -0.39 is 13.1 Å². The van der Waals surface area contributed by atoms with E-state index in [1.807, 2.05) is 0 Å². The molecule has 8 heavy (non-hydrogen) atoms. The third kappa shape index (κ3) is 1.64. The summed E-state index contributed by atoms with van der Waals surface area (Å²) in [6.07, 6.45) is 0. The van der Waals surface area contributed by atoms with Gasteiger partial charge >= 0.3 is 13.1 Å². The van der Waals surface area contributed by atoms with Crippen LogP contribution in [0.1, 0.15) is 0 Å². The first-order valence-corrected chi connectivity index (χ1v) is 3.94. The lowest BCUT2D eigenvalue weighted by atomic mass is 11.6. The van der Waals surface area contributed by atoms with Gasteiger partial charge in [-0.15, -0.1) is 0 Å². The van der Waals surface area contributed by atoms with Crippen LogP contribution in [-0.4, -0.2) is 24.6 Å². The quantitative estimate of drug-likeness (QED) is 0.582. The van der Waals surface area contributed by atoms with E-state index in [1.165, 1.54) is 0 Å². The van der Waals surface area contributed by atoms with Crippen molar-refractivity contribution in [2.24, 2.45) is 0 Å². The molecule has 5 heteroatoms. The highest BCUT2D eigenvalue weighted by Crippen LogP contribution is 2.41. The number of carbonyl (C=O) groups is 1. The van der Waals surface area contributed by atoms with Crippen molar-refractivity contribution >= 4 is 13.1 Å². The lowest BCUT2D eigenvalue weighted by molar-refractivity contribution is 0.213. The number of carboxylic acid groups (broad SMARTS) is 1. The van der Waals surface area contributed by atoms with Crippen LogP contribution in [0.25, 0.3) is 0 Å². The van der Waals surface area contributed by atoms with Crippen LogP contribution in [0.3, 0.4) is 0 Å². The summed E-state index contributed by atoms with van der Waals surface area (Å²) in [5.74, 6) is 0. The summed E-state index contributed by atoms with van der Waals surface area (Å²) in [5.41, 5.74) is -1.39. The van der Waals surface area contributed by atoms with Gasteiger partial charge in [-0.1, -0.05) is 0 Å². The van der Waals surface area contributed by atoms with Crippen molar-refractivity contribution in [1.29, 1.82) is 0 Å². The van der Waals surface area contributed by atoms with Gasteiger partial charge in [0.25, 0.3) is 0 Å². The van der Waals surface area contributed by atoms with E-state index in [2.05, 4.69) is 4.52 Å². The molecule has 0 aromatic rings. The highest BCUT2D eigenvalue weighted by molar-refractivity contribution is 7.74. The molecule has 0 heterocycles. The fourth-order valence-electron chi connectivity index (χ4n) is 0.0781. The minimum absolute atomic E-state index is 1.05. The minimum Gasteiger partial charge on any atom is -0.474 e. The molecule has 1 unspecified atom stereocenters. The zero-order valence-electron chi connectivity index (χ0n) is 4.62. The first-order chi connectivity index (χ1) is 3.50. The standard InChI is InChI=1S/C3H7O4P/c1-7-8(2,6)3(4)5/h1-2H3,(H,4,5). The summed E-state index contributed by atoms with van der Waals surface area (Å²) in [5, 5.41) is 8.05. The Labute approximate surface area is 46.9 Å². The van der Waals surface area contributed by atoms with Crippen molar-refractivity contribution < 1.29 is 19.0 Å². The van der Waals surface area contributed by atoms with Gasteiger partial charge in [0.05, 0.1) is 0 Å². The third-order valence-electron chi connectivity index (χ3n) is 0.696. The van der Waals surface area contributed by atoms with E-state index in [9.17, 15) is 9.36 Å². The first kappa shape index (κ1) is 7.66. The van der Waals surface area contributed by atoms with Gasteiger partial charge < -0.3 is 9.63 Å². The second-order valence-corrected chi connectivity index (χ2v) is 3.75. The van der Waals surface area contributed by atoms with Crippen molar-refractivity contribution in [3.05, 3.63) is 0 Å². The lowest BCUT2D eigenvalue weighted by Crippen LogP contribution is -1.94. The number of hydrogen-bond acceptors (Lipinski definition) is 3. The van der Waals surface area contributed by atoms with Crippen LogP contribution < -0.4 is 0 Å². The number of hydrogen-bond donors (Lipinski definition) is 1. The van der Waals surface area contributed by atoms with Gasteiger partial charge in [0.1, 0.15) is 0 Å². The second kappa shape index (κ2) is 2.29. The third-order valence-corrected chi connectivity index (χ3v) is 2.09. The normalized spacial score (nSPS) is 17.2. The summed E-state index contributed by atoms with van der Waals surface area (Å²) in [4.78, 5) is 9.86. The zero-order chi connectivity index (χ0) is 6.78. The van der Waals surface area contributed by atoms with E-state index in [0.29, 0.717) is 0 Å². The molecule has 48 valence electrons. The molecule has 0 aromatic heterocycles. The molecular weight excluding hydrogens is 131 g/mol. The molecular formula is C3H7O4P. The summed E-state index contributed by atoms with van der Waals surface area (Å²) >= 11 is 0. The topological polar surface area (TPSA) is 63.6 Å². The highest BCUT2D eigenvalue weighted by Gasteiger charge is 2.23. The van der Waals surface area contributed by atoms with E-state index in [0.717, 1.165) is 13.8 Å². The van der Waals surface area contributed by atoms with Crippen molar-refractivity contribution in [1.82, 2.24) is 0 Å². The molecule has 0 aromatic carbocycles. The van der Waals surface area contributed by atoms with Gasteiger partial charge in [0.15, 0.2) is 0 Å². The maximum atomic E-state index is 10.5. The molecule has 1 N–H and O–H groups in total. The van der Waals surface area contributed by atoms with Gasteiger partial charge in [-0.25, -0.2) is 4.79 Å². The van der Waals surface area contributed by atoms with E-state index in [1.54, 1.807) is 0 Å². The van der Waals surface area contributed by atoms with Crippen LogP contribution in [0.4, 0.5) is 4.79 Å². The summed E-state index contributed by atoms with van der Waals surface area (Å²) in [6, 6.07) is 0. The molecule has 0 aliphatic carbocycles. The molecule has 0 fully saturated rings. The Hall–Kier alpha value is -0.340. The zero-order valence-corrected chi connectivity index (χ0v) is 5.51. The Balaban J connectivity index is 4.15. The summed E-state index contributed by atoms with van der Waals surface area (Å²) in [6.45, 7) is 1.05. The Morgan fingerprint density at radius 2 is 2.12 bits per heavy atom. The minimum atomic E-state index is -3.33. The molecule has 0 rings (SSSR count). The molecule has 0 radical (unpaired) electrons. The largest absolute Gasteiger partial charge is 0.474 e. The molecule has 0 bridgehead atoms. The van der Waals surface area contributed by atoms with Crippen molar-refractivity contribution in [2.75, 3.05) is 13.8 Å². The predicted molar refractivity (Wildman–Crippen MR) is 28.6 cm³/mol. The van der Waals surface area contributed by atoms with Gasteiger partial charge in [0.2, 0.25) is 0 Å². The van der Waals surface area contributed by atoms with Gasteiger partial charge in [-0.2, -0.15) is 0 Å². The molecule has 0 saturated carbocycles. The Morgan fingerprint density at radius 3 is 2.12 bits per heavy atom. The number of rotatable bonds is 2. The van der Waals surface area contributed by atoms with Crippen LogP contribution in [-0.2, 0) is 9.09 Å². The molecule has 0 saturated heterocycles. The van der Waals surface area contributed by atoms with Crippen molar-refractivity contribution in [2.45, 2.75) is 0 Å². The Bertz CT molecular complexity index is 140. The van der Waals surface area contributed by atoms with Crippen molar-refractivity contribution in [3.8, 4) is 0 Å². The van der Waals surface area contributed by atoms with Crippen LogP contribution in [0, 0.1) is 0 Å². The maximum Gasteiger partial charge on any atom is 0.388 e. The van der Waals surface area contributed by atoms with Crippen LogP contribution in [0.5, 0.6) is 0 Å². The summed E-state index contributed by atoms with van der Waals surface area (Å²) < 4.78 is 14.6. The molecule has 0 spiro atoms. The SMILES string of the molecule is COP(C)(=O)C(=O)O. The molecule has 1 atom stereocenters. The first-order valence-electron chi connectivity index (χ1n) is 1.87. The summed E-state index contributed by atoms with van der Waals surface area (Å²) in [7, 11) is -2.22. The predicted octanol–water partition coefficient (Wildman–Crippen LogP) is 1.22. The molecule has 0 aliphatic heterocycles. The van der Waals surface area contributed by atoms with E-state index in [-0.39, 0.29) is 0 Å². The fourth-order valence-corrected chi connectivity index (χ4v) is 0.234. The van der Waals surface area contributed by atoms with Crippen LogP contribution in [0.15, 0.2) is 0 Å². The smallest absolute Gasteiger partial charge is 0.388 e. The second-order valence-electron chi connectivity index (χ2n) is 1.31. The van der Waals surface area contributed by atoms with Gasteiger partial charge in [-0.3, -0.25) is 4.57 Å². The highest BCUT2D eigenvalue weighted by atomic mass is 31.2. The molecule has 0 amide bonds. The lowest BCUT2D eigenvalue weighted by Gasteiger charge is -2.00. The Kier molecular flexibility index (Phi) is 2.19. The maximum absolute atomic E-state index is 10.5. The average molecular weight is 138 g/mol. The monoisotopic (exact) mass is 138 g/mol. The average Bonchev–Trinajstić information content (AvgIpc) is 1.67. The Morgan fingerprint density at radius 1 is 1.75 bits per heavy atom. The van der Waals surface area contributed by atoms with Gasteiger partial charge in [0, 0.05) is 13.8 Å².